The fraction of sp³-hybridized carbons (Fsp3) is 0.200. The summed E-state index contributed by atoms with van der Waals surface area (Å²) in [7, 11) is -3.84. The van der Waals surface area contributed by atoms with Gasteiger partial charge in [0.1, 0.15) is 4.88 Å². The first-order valence-corrected chi connectivity index (χ1v) is 12.3. The molecule has 0 spiro atoms. The van der Waals surface area contributed by atoms with E-state index in [9.17, 15) is 13.2 Å². The Labute approximate surface area is 178 Å². The summed E-state index contributed by atoms with van der Waals surface area (Å²) >= 11 is 9.53. The molecule has 0 fully saturated rings. The number of benzene rings is 1. The van der Waals surface area contributed by atoms with Gasteiger partial charge in [0.15, 0.2) is 9.47 Å². The molecule has 3 rings (SSSR count). The molecule has 3 aromatic rings. The van der Waals surface area contributed by atoms with Crippen molar-refractivity contribution in [2.45, 2.75) is 23.1 Å². The summed E-state index contributed by atoms with van der Waals surface area (Å²) in [6.45, 7) is 3.63. The molecule has 0 saturated carbocycles. The van der Waals surface area contributed by atoms with E-state index in [-0.39, 0.29) is 14.9 Å². The predicted molar refractivity (Wildman–Crippen MR) is 113 cm³/mol. The molecular weight excluding hydrogens is 462 g/mol. The molecule has 0 radical (unpaired) electrons. The zero-order valence-corrected chi connectivity index (χ0v) is 18.6. The van der Waals surface area contributed by atoms with E-state index in [1.807, 2.05) is 6.92 Å². The predicted octanol–water partition coefficient (Wildman–Crippen LogP) is 4.12. The van der Waals surface area contributed by atoms with Crippen LogP contribution in [0.2, 0.25) is 5.02 Å². The van der Waals surface area contributed by atoms with Crippen LogP contribution in [0.4, 0.5) is 10.3 Å². The van der Waals surface area contributed by atoms with Crippen molar-refractivity contribution in [3.8, 4) is 0 Å². The monoisotopic (exact) mass is 475 g/mol. The van der Waals surface area contributed by atoms with Gasteiger partial charge in [-0.25, -0.2) is 13.4 Å². The number of hydrogen-bond donors (Lipinski definition) is 2. The van der Waals surface area contributed by atoms with Crippen LogP contribution < -0.4 is 10.0 Å². The zero-order chi connectivity index (χ0) is 20.3. The molecule has 1 amide bonds. The van der Waals surface area contributed by atoms with Gasteiger partial charge >= 0.3 is 0 Å². The summed E-state index contributed by atoms with van der Waals surface area (Å²) in [5.41, 5.74) is 0.406. The number of nitrogens with one attached hydrogen (secondary N) is 2. The smallest absolute Gasteiger partial charge is 0.269 e. The highest BCUT2D eigenvalue weighted by Gasteiger charge is 2.21. The number of halogens is 1. The van der Waals surface area contributed by atoms with E-state index < -0.39 is 15.9 Å². The third-order valence-corrected chi connectivity index (χ3v) is 7.90. The van der Waals surface area contributed by atoms with Crippen LogP contribution in [0.15, 0.2) is 33.5 Å². The van der Waals surface area contributed by atoms with Gasteiger partial charge in [0.2, 0.25) is 5.13 Å². The fourth-order valence-electron chi connectivity index (χ4n) is 2.03. The minimum absolute atomic E-state index is 0.0468. The van der Waals surface area contributed by atoms with Crippen molar-refractivity contribution in [3.05, 3.63) is 39.9 Å². The first-order chi connectivity index (χ1) is 13.3. The van der Waals surface area contributed by atoms with Crippen molar-refractivity contribution in [1.29, 1.82) is 0 Å². The van der Waals surface area contributed by atoms with E-state index in [0.29, 0.717) is 15.8 Å². The zero-order valence-electron chi connectivity index (χ0n) is 14.6. The van der Waals surface area contributed by atoms with Crippen molar-refractivity contribution in [3.63, 3.8) is 0 Å². The Kier molecular flexibility index (Phi) is 6.55. The van der Waals surface area contributed by atoms with Crippen LogP contribution in [0, 0.1) is 6.92 Å². The number of carbonyl (C=O) groups is 1. The second-order valence-electron chi connectivity index (χ2n) is 5.25. The van der Waals surface area contributed by atoms with Gasteiger partial charge in [-0.15, -0.1) is 10.2 Å². The van der Waals surface area contributed by atoms with E-state index in [1.165, 1.54) is 47.4 Å². The van der Waals surface area contributed by atoms with Gasteiger partial charge in [-0.05, 0) is 36.9 Å². The number of thioether (sulfide) groups is 1. The Balaban J connectivity index is 1.74. The number of thiazole rings is 1. The molecule has 2 N–H and O–H groups in total. The van der Waals surface area contributed by atoms with Gasteiger partial charge in [-0.2, -0.15) is 0 Å². The number of anilines is 2. The highest BCUT2D eigenvalue weighted by atomic mass is 35.5. The van der Waals surface area contributed by atoms with Crippen LogP contribution in [0.3, 0.4) is 0 Å². The van der Waals surface area contributed by atoms with Gasteiger partial charge in [-0.1, -0.05) is 53.0 Å². The second-order valence-corrected chi connectivity index (χ2v) is 10.9. The van der Waals surface area contributed by atoms with Crippen LogP contribution in [0.25, 0.3) is 0 Å². The molecular formula is C15H14ClN5O3S4. The second kappa shape index (κ2) is 8.74. The number of aromatic nitrogens is 3. The minimum atomic E-state index is -3.84. The summed E-state index contributed by atoms with van der Waals surface area (Å²) in [6.07, 6.45) is 0. The molecule has 28 heavy (non-hydrogen) atoms. The normalized spacial score (nSPS) is 11.4. The summed E-state index contributed by atoms with van der Waals surface area (Å²) in [5, 5.41) is 11.5. The van der Waals surface area contributed by atoms with E-state index in [2.05, 4.69) is 25.2 Å². The van der Waals surface area contributed by atoms with E-state index in [1.54, 1.807) is 6.92 Å². The number of sulfonamides is 1. The van der Waals surface area contributed by atoms with Gasteiger partial charge in [-0.3, -0.25) is 14.8 Å². The average Bonchev–Trinajstić information content (AvgIpc) is 3.21. The van der Waals surface area contributed by atoms with Crippen molar-refractivity contribution in [2.75, 3.05) is 15.8 Å². The molecule has 1 aromatic carbocycles. The largest absolute Gasteiger partial charge is 0.296 e. The standard InChI is InChI=1S/C15H14ClN5O3S4/c1-3-25-15-20-19-13(27-15)18-12(22)11-8(2)17-14(26-11)21-28(23,24)10-6-4-9(16)5-7-10/h4-7H,3H2,1-2H3,(H,17,21)(H,18,19,22). The first-order valence-electron chi connectivity index (χ1n) is 7.82. The van der Waals surface area contributed by atoms with Gasteiger partial charge in [0, 0.05) is 5.02 Å². The molecule has 0 aliphatic heterocycles. The van der Waals surface area contributed by atoms with Gasteiger partial charge < -0.3 is 0 Å². The molecule has 8 nitrogen and oxygen atoms in total. The van der Waals surface area contributed by atoms with Crippen molar-refractivity contribution in [1.82, 2.24) is 15.2 Å². The average molecular weight is 476 g/mol. The molecule has 0 unspecified atom stereocenters. The lowest BCUT2D eigenvalue weighted by Crippen LogP contribution is -2.12. The number of aryl methyl sites for hydroxylation is 1. The number of rotatable bonds is 7. The summed E-state index contributed by atoms with van der Waals surface area (Å²) in [5.74, 6) is 0.435. The highest BCUT2D eigenvalue weighted by Crippen LogP contribution is 2.28. The van der Waals surface area contributed by atoms with Crippen LogP contribution >= 0.6 is 46.0 Å². The van der Waals surface area contributed by atoms with Crippen LogP contribution in [0.1, 0.15) is 22.3 Å². The van der Waals surface area contributed by atoms with Gasteiger partial charge in [0.05, 0.1) is 10.6 Å². The fourth-order valence-corrected chi connectivity index (χ4v) is 5.90. The lowest BCUT2D eigenvalue weighted by Gasteiger charge is -2.04. The van der Waals surface area contributed by atoms with Gasteiger partial charge in [0.25, 0.3) is 15.9 Å². The molecule has 0 bridgehead atoms. The maximum atomic E-state index is 12.5. The molecule has 0 saturated heterocycles. The third-order valence-electron chi connectivity index (χ3n) is 3.24. The Morgan fingerprint density at radius 1 is 1.18 bits per heavy atom. The van der Waals surface area contributed by atoms with E-state index in [0.717, 1.165) is 21.4 Å². The van der Waals surface area contributed by atoms with E-state index >= 15 is 0 Å². The number of carbonyl (C=O) groups excluding carboxylic acids is 1. The summed E-state index contributed by atoms with van der Waals surface area (Å²) < 4.78 is 28.0. The number of amides is 1. The lowest BCUT2D eigenvalue weighted by atomic mass is 10.4. The van der Waals surface area contributed by atoms with E-state index in [4.69, 9.17) is 11.6 Å². The lowest BCUT2D eigenvalue weighted by molar-refractivity contribution is 0.102. The molecule has 2 heterocycles. The molecule has 2 aromatic heterocycles. The third kappa shape index (κ3) is 5.00. The van der Waals surface area contributed by atoms with Crippen molar-refractivity contribution >= 4 is 72.2 Å². The Morgan fingerprint density at radius 3 is 2.57 bits per heavy atom. The summed E-state index contributed by atoms with van der Waals surface area (Å²) in [4.78, 5) is 17.0. The molecule has 13 heteroatoms. The number of hydrogen-bond acceptors (Lipinski definition) is 9. The van der Waals surface area contributed by atoms with Crippen LogP contribution in [0.5, 0.6) is 0 Å². The summed E-state index contributed by atoms with van der Waals surface area (Å²) in [6, 6.07) is 5.74. The molecule has 0 aliphatic carbocycles. The van der Waals surface area contributed by atoms with Crippen molar-refractivity contribution in [2.24, 2.45) is 0 Å². The topological polar surface area (TPSA) is 114 Å². The van der Waals surface area contributed by atoms with Crippen LogP contribution in [-0.4, -0.2) is 35.3 Å². The number of nitrogens with zero attached hydrogens (tertiary/aromatic N) is 3. The highest BCUT2D eigenvalue weighted by molar-refractivity contribution is 8.01. The Morgan fingerprint density at radius 2 is 1.89 bits per heavy atom. The first kappa shape index (κ1) is 21.0. The van der Waals surface area contributed by atoms with Crippen LogP contribution in [-0.2, 0) is 10.0 Å². The minimum Gasteiger partial charge on any atom is -0.296 e. The maximum absolute atomic E-state index is 12.5. The van der Waals surface area contributed by atoms with Crippen molar-refractivity contribution < 1.29 is 13.2 Å². The molecule has 0 atom stereocenters. The Hall–Kier alpha value is -1.73. The Bertz CT molecular complexity index is 1100. The molecule has 148 valence electrons. The SMILES string of the molecule is CCSc1nnc(NC(=O)c2sc(NS(=O)(=O)c3ccc(Cl)cc3)nc2C)s1. The quantitative estimate of drug-likeness (QED) is 0.390. The maximum Gasteiger partial charge on any atom is 0.269 e. The molecule has 0 aliphatic rings.